The molecule has 8 nitrogen and oxygen atoms in total. The number of hydrogen-bond donors (Lipinski definition) is 2. The third-order valence-electron chi connectivity index (χ3n) is 2.20. The van der Waals surface area contributed by atoms with Gasteiger partial charge in [-0.05, 0) is 30.7 Å². The van der Waals surface area contributed by atoms with Crippen molar-refractivity contribution in [1.82, 2.24) is 5.43 Å². The van der Waals surface area contributed by atoms with Crippen LogP contribution in [0.15, 0.2) is 23.3 Å². The highest BCUT2D eigenvalue weighted by atomic mass is 16.5. The lowest BCUT2D eigenvalue weighted by molar-refractivity contribution is -0.119. The van der Waals surface area contributed by atoms with Crippen LogP contribution in [0.1, 0.15) is 12.5 Å². The number of primary amides is 1. The Balaban J connectivity index is 2.70. The summed E-state index contributed by atoms with van der Waals surface area (Å²) in [6.45, 7) is 1.72. The maximum Gasteiger partial charge on any atom is 0.427 e. The maximum absolute atomic E-state index is 11.0. The maximum atomic E-state index is 11.0. The highest BCUT2D eigenvalue weighted by Gasteiger charge is 2.06. The second-order valence-electron chi connectivity index (χ2n) is 3.76. The number of carbonyl (C=O) groups is 2. The molecule has 1 aromatic carbocycles. The lowest BCUT2D eigenvalue weighted by Gasteiger charge is -2.09. The quantitative estimate of drug-likeness (QED) is 0.566. The number of amides is 2. The monoisotopic (exact) mass is 295 g/mol. The van der Waals surface area contributed by atoms with Crippen LogP contribution in [-0.4, -0.2) is 38.5 Å². The van der Waals surface area contributed by atoms with Gasteiger partial charge in [0.25, 0.3) is 5.91 Å². The van der Waals surface area contributed by atoms with Crippen molar-refractivity contribution < 1.29 is 23.8 Å². The van der Waals surface area contributed by atoms with E-state index in [-0.39, 0.29) is 13.2 Å². The van der Waals surface area contributed by atoms with Gasteiger partial charge in [0, 0.05) is 0 Å². The van der Waals surface area contributed by atoms with Gasteiger partial charge in [-0.3, -0.25) is 4.79 Å². The number of carbonyl (C=O) groups excluding carboxylic acids is 2. The Morgan fingerprint density at radius 2 is 2.14 bits per heavy atom. The summed E-state index contributed by atoms with van der Waals surface area (Å²) in [6.07, 6.45) is 0.777. The fourth-order valence-electron chi connectivity index (χ4n) is 1.36. The number of ether oxygens (including phenoxy) is 3. The molecule has 21 heavy (non-hydrogen) atoms. The molecule has 0 unspecified atom stereocenters. The SMILES string of the molecule is CCOC(=O)N/N=C\c1ccc(OCC(N)=O)c(OC)c1. The molecule has 0 heterocycles. The number of methoxy groups -OCH3 is 1. The van der Waals surface area contributed by atoms with Gasteiger partial charge in [0.05, 0.1) is 19.9 Å². The minimum absolute atomic E-state index is 0.242. The molecule has 0 aliphatic carbocycles. The van der Waals surface area contributed by atoms with Gasteiger partial charge in [-0.15, -0.1) is 0 Å². The first kappa shape index (κ1) is 16.3. The smallest absolute Gasteiger partial charge is 0.427 e. The van der Waals surface area contributed by atoms with E-state index in [1.165, 1.54) is 13.3 Å². The predicted octanol–water partition coefficient (Wildman–Crippen LogP) is 0.639. The van der Waals surface area contributed by atoms with E-state index in [2.05, 4.69) is 15.3 Å². The fraction of sp³-hybridized carbons (Fsp3) is 0.308. The van der Waals surface area contributed by atoms with Gasteiger partial charge in [-0.2, -0.15) is 5.10 Å². The van der Waals surface area contributed by atoms with Gasteiger partial charge in [0.15, 0.2) is 18.1 Å². The largest absolute Gasteiger partial charge is 0.493 e. The van der Waals surface area contributed by atoms with Crippen molar-refractivity contribution in [2.45, 2.75) is 6.92 Å². The van der Waals surface area contributed by atoms with E-state index in [1.807, 2.05) is 0 Å². The Labute approximate surface area is 121 Å². The topological polar surface area (TPSA) is 112 Å². The van der Waals surface area contributed by atoms with Crippen molar-refractivity contribution in [1.29, 1.82) is 0 Å². The lowest BCUT2D eigenvalue weighted by Crippen LogP contribution is -2.20. The molecular formula is C13H17N3O5. The van der Waals surface area contributed by atoms with Crippen LogP contribution in [0.3, 0.4) is 0 Å². The Kier molecular flexibility index (Phi) is 6.52. The first-order chi connectivity index (χ1) is 10.1. The number of hydrazone groups is 1. The number of benzene rings is 1. The van der Waals surface area contributed by atoms with Crippen LogP contribution < -0.4 is 20.6 Å². The standard InChI is InChI=1S/C13H17N3O5/c1-3-20-13(18)16-15-7-9-4-5-10(11(6-9)19-2)21-8-12(14)17/h4-7H,3,8H2,1-2H3,(H2,14,17)(H,16,18)/b15-7-. The zero-order valence-electron chi connectivity index (χ0n) is 11.8. The van der Waals surface area contributed by atoms with Crippen LogP contribution in [0, 0.1) is 0 Å². The molecule has 0 bridgehead atoms. The molecule has 0 spiro atoms. The van der Waals surface area contributed by atoms with E-state index in [9.17, 15) is 9.59 Å². The summed E-state index contributed by atoms with van der Waals surface area (Å²) < 4.78 is 15.0. The highest BCUT2D eigenvalue weighted by molar-refractivity contribution is 5.82. The van der Waals surface area contributed by atoms with Crippen LogP contribution in [0.5, 0.6) is 11.5 Å². The number of nitrogens with one attached hydrogen (secondary N) is 1. The molecule has 0 radical (unpaired) electrons. The second kappa shape index (κ2) is 8.41. The molecule has 8 heteroatoms. The molecule has 0 aliphatic rings. The van der Waals surface area contributed by atoms with Crippen LogP contribution >= 0.6 is 0 Å². The first-order valence-electron chi connectivity index (χ1n) is 6.11. The summed E-state index contributed by atoms with van der Waals surface area (Å²) in [5.41, 5.74) is 7.86. The van der Waals surface area contributed by atoms with Crippen LogP contribution in [0.25, 0.3) is 0 Å². The summed E-state index contributed by atoms with van der Waals surface area (Å²) in [5.74, 6) is 0.212. The van der Waals surface area contributed by atoms with Crippen molar-refractivity contribution in [3.05, 3.63) is 23.8 Å². The summed E-state index contributed by atoms with van der Waals surface area (Å²) >= 11 is 0. The van der Waals surface area contributed by atoms with Crippen LogP contribution in [-0.2, 0) is 9.53 Å². The number of nitrogens with two attached hydrogens (primary N) is 1. The zero-order valence-corrected chi connectivity index (χ0v) is 11.8. The molecule has 0 atom stereocenters. The summed E-state index contributed by atoms with van der Waals surface area (Å²) in [6, 6.07) is 4.91. The van der Waals surface area contributed by atoms with Gasteiger partial charge in [0.1, 0.15) is 0 Å². The van der Waals surface area contributed by atoms with E-state index in [0.29, 0.717) is 17.1 Å². The van der Waals surface area contributed by atoms with Crippen molar-refractivity contribution in [3.8, 4) is 11.5 Å². The summed E-state index contributed by atoms with van der Waals surface area (Å²) in [5, 5.41) is 3.72. The minimum Gasteiger partial charge on any atom is -0.493 e. The van der Waals surface area contributed by atoms with Crippen LogP contribution in [0.4, 0.5) is 4.79 Å². The minimum atomic E-state index is -0.637. The average Bonchev–Trinajstić information content (AvgIpc) is 2.45. The molecule has 0 saturated carbocycles. The van der Waals surface area contributed by atoms with Crippen molar-refractivity contribution in [2.75, 3.05) is 20.3 Å². The zero-order chi connectivity index (χ0) is 15.7. The molecule has 1 aromatic rings. The number of nitrogens with zero attached hydrogens (tertiary/aromatic N) is 1. The number of hydrogen-bond acceptors (Lipinski definition) is 6. The number of rotatable bonds is 7. The van der Waals surface area contributed by atoms with Crippen LogP contribution in [0.2, 0.25) is 0 Å². The third kappa shape index (κ3) is 5.81. The van der Waals surface area contributed by atoms with Gasteiger partial charge >= 0.3 is 6.09 Å². The van der Waals surface area contributed by atoms with E-state index >= 15 is 0 Å². The molecule has 1 rings (SSSR count). The van der Waals surface area contributed by atoms with Gasteiger partial charge in [-0.25, -0.2) is 10.2 Å². The molecule has 2 amide bonds. The fourth-order valence-corrected chi connectivity index (χ4v) is 1.36. The lowest BCUT2D eigenvalue weighted by atomic mass is 10.2. The first-order valence-corrected chi connectivity index (χ1v) is 6.11. The van der Waals surface area contributed by atoms with Gasteiger partial charge in [-0.1, -0.05) is 0 Å². The van der Waals surface area contributed by atoms with Crippen molar-refractivity contribution in [3.63, 3.8) is 0 Å². The van der Waals surface area contributed by atoms with E-state index in [4.69, 9.17) is 15.2 Å². The Morgan fingerprint density at radius 1 is 1.38 bits per heavy atom. The summed E-state index contributed by atoms with van der Waals surface area (Å²) in [4.78, 5) is 21.7. The van der Waals surface area contributed by atoms with E-state index in [0.717, 1.165) is 0 Å². The second-order valence-corrected chi connectivity index (χ2v) is 3.76. The van der Waals surface area contributed by atoms with Gasteiger partial charge in [0.2, 0.25) is 0 Å². The third-order valence-corrected chi connectivity index (χ3v) is 2.20. The molecule has 114 valence electrons. The normalized spacial score (nSPS) is 10.2. The summed E-state index contributed by atoms with van der Waals surface area (Å²) in [7, 11) is 1.46. The van der Waals surface area contributed by atoms with Crippen molar-refractivity contribution in [2.24, 2.45) is 10.8 Å². The Bertz CT molecular complexity index is 531. The molecular weight excluding hydrogens is 278 g/mol. The molecule has 3 N–H and O–H groups in total. The predicted molar refractivity (Wildman–Crippen MR) is 75.4 cm³/mol. The molecule has 0 fully saturated rings. The molecule has 0 aromatic heterocycles. The Morgan fingerprint density at radius 3 is 2.76 bits per heavy atom. The highest BCUT2D eigenvalue weighted by Crippen LogP contribution is 2.27. The average molecular weight is 295 g/mol. The molecule has 0 saturated heterocycles. The molecule has 0 aliphatic heterocycles. The van der Waals surface area contributed by atoms with E-state index in [1.54, 1.807) is 25.1 Å². The van der Waals surface area contributed by atoms with Gasteiger partial charge < -0.3 is 19.9 Å². The Hall–Kier alpha value is -2.77. The van der Waals surface area contributed by atoms with E-state index < -0.39 is 12.0 Å². The van der Waals surface area contributed by atoms with Crippen molar-refractivity contribution >= 4 is 18.2 Å².